The van der Waals surface area contributed by atoms with Gasteiger partial charge in [-0.3, -0.25) is 0 Å². The van der Waals surface area contributed by atoms with E-state index in [2.05, 4.69) is 36.5 Å². The van der Waals surface area contributed by atoms with Gasteiger partial charge in [-0.15, -0.1) is 11.3 Å². The Kier molecular flexibility index (Phi) is 5.51. The molecule has 0 aliphatic rings. The number of carbonyl (C=O) groups excluding carboxylic acids is 1. The van der Waals surface area contributed by atoms with Crippen LogP contribution in [0.15, 0.2) is 22.1 Å². The number of nitrogens with one attached hydrogen (secondary N) is 2. The number of urea groups is 1. The van der Waals surface area contributed by atoms with Gasteiger partial charge >= 0.3 is 6.03 Å². The van der Waals surface area contributed by atoms with E-state index in [1.54, 1.807) is 23.5 Å². The summed E-state index contributed by atoms with van der Waals surface area (Å²) in [5.74, 6) is 0.478. The summed E-state index contributed by atoms with van der Waals surface area (Å²) in [6.07, 6.45) is 0.708. The number of rotatable bonds is 5. The first kappa shape index (κ1) is 15.7. The third-order valence-electron chi connectivity index (χ3n) is 2.61. The molecule has 0 unspecified atom stereocenters. The van der Waals surface area contributed by atoms with Crippen molar-refractivity contribution in [2.24, 2.45) is 0 Å². The molecular formula is C13H15BrN4O2S. The van der Waals surface area contributed by atoms with Crippen LogP contribution in [0.3, 0.4) is 0 Å². The van der Waals surface area contributed by atoms with E-state index >= 15 is 0 Å². The number of hydrogen-bond acceptors (Lipinski definition) is 5. The van der Waals surface area contributed by atoms with Crippen molar-refractivity contribution < 1.29 is 9.53 Å². The van der Waals surface area contributed by atoms with Crippen LogP contribution in [-0.2, 0) is 6.42 Å². The van der Waals surface area contributed by atoms with E-state index < -0.39 is 0 Å². The molecule has 8 heteroatoms. The number of thiazole rings is 1. The molecule has 21 heavy (non-hydrogen) atoms. The van der Waals surface area contributed by atoms with Crippen LogP contribution in [0.25, 0.3) is 0 Å². The van der Waals surface area contributed by atoms with Crippen molar-refractivity contribution in [1.82, 2.24) is 15.3 Å². The Labute approximate surface area is 135 Å². The van der Waals surface area contributed by atoms with E-state index in [4.69, 9.17) is 4.74 Å². The molecule has 2 N–H and O–H groups in total. The molecule has 0 radical (unpaired) electrons. The van der Waals surface area contributed by atoms with Crippen molar-refractivity contribution in [3.05, 3.63) is 32.8 Å². The Bertz CT molecular complexity index is 632. The number of anilines is 1. The van der Waals surface area contributed by atoms with Crippen LogP contribution in [0.2, 0.25) is 0 Å². The molecule has 6 nitrogen and oxygen atoms in total. The maximum absolute atomic E-state index is 11.8. The molecule has 0 bridgehead atoms. The Balaban J connectivity index is 1.81. The quantitative estimate of drug-likeness (QED) is 0.793. The second kappa shape index (κ2) is 7.37. The number of hydrogen-bond donors (Lipinski definition) is 2. The van der Waals surface area contributed by atoms with E-state index in [1.807, 2.05) is 12.3 Å². The van der Waals surface area contributed by atoms with Gasteiger partial charge in [-0.2, -0.15) is 0 Å². The predicted molar refractivity (Wildman–Crippen MR) is 86.1 cm³/mol. The summed E-state index contributed by atoms with van der Waals surface area (Å²) in [6, 6.07) is 3.12. The summed E-state index contributed by atoms with van der Waals surface area (Å²) >= 11 is 4.89. The minimum absolute atomic E-state index is 0.283. The fourth-order valence-electron chi connectivity index (χ4n) is 1.62. The molecule has 2 rings (SSSR count). The van der Waals surface area contributed by atoms with Crippen LogP contribution in [0.4, 0.5) is 10.5 Å². The van der Waals surface area contributed by atoms with Crippen molar-refractivity contribution in [2.45, 2.75) is 13.3 Å². The zero-order chi connectivity index (χ0) is 15.2. The Morgan fingerprint density at radius 1 is 1.43 bits per heavy atom. The first-order chi connectivity index (χ1) is 10.1. The molecule has 0 fully saturated rings. The standard InChI is InChI=1S/C13H15BrN4O2S/c1-8-16-9(7-21-8)5-6-15-13(19)17-10-3-4-11(20-2)18-12(10)14/h3-4,7H,5-6H2,1-2H3,(H2,15,17,19). The summed E-state index contributed by atoms with van der Waals surface area (Å²) in [6.45, 7) is 2.48. The Morgan fingerprint density at radius 3 is 2.86 bits per heavy atom. The van der Waals surface area contributed by atoms with Crippen molar-refractivity contribution >= 4 is 39.0 Å². The SMILES string of the molecule is COc1ccc(NC(=O)NCCc2csc(C)n2)c(Br)n1. The van der Waals surface area contributed by atoms with Gasteiger partial charge in [-0.05, 0) is 28.9 Å². The Hall–Kier alpha value is -1.67. The number of ether oxygens (including phenoxy) is 1. The number of nitrogens with zero attached hydrogens (tertiary/aromatic N) is 2. The van der Waals surface area contributed by atoms with Crippen LogP contribution in [0.5, 0.6) is 5.88 Å². The van der Waals surface area contributed by atoms with E-state index in [1.165, 1.54) is 7.11 Å². The fourth-order valence-corrected chi connectivity index (χ4v) is 2.67. The number of aromatic nitrogens is 2. The van der Waals surface area contributed by atoms with Gasteiger partial charge in [0, 0.05) is 24.4 Å². The number of halogens is 1. The molecule has 0 saturated heterocycles. The molecular weight excluding hydrogens is 356 g/mol. The average molecular weight is 371 g/mol. The third kappa shape index (κ3) is 4.68. The van der Waals surface area contributed by atoms with Crippen LogP contribution in [0, 0.1) is 6.92 Å². The first-order valence-electron chi connectivity index (χ1n) is 6.25. The van der Waals surface area contributed by atoms with Gasteiger partial charge in [-0.1, -0.05) is 0 Å². The third-order valence-corrected chi connectivity index (χ3v) is 4.04. The maximum Gasteiger partial charge on any atom is 0.319 e. The molecule has 2 heterocycles. The lowest BCUT2D eigenvalue weighted by Crippen LogP contribution is -2.30. The van der Waals surface area contributed by atoms with Crippen molar-refractivity contribution in [3.63, 3.8) is 0 Å². The molecule has 112 valence electrons. The largest absolute Gasteiger partial charge is 0.481 e. The zero-order valence-electron chi connectivity index (χ0n) is 11.6. The van der Waals surface area contributed by atoms with Gasteiger partial charge in [0.05, 0.1) is 23.5 Å². The van der Waals surface area contributed by atoms with Gasteiger partial charge in [0.15, 0.2) is 0 Å². The van der Waals surface area contributed by atoms with Crippen molar-refractivity contribution in [1.29, 1.82) is 0 Å². The highest BCUT2D eigenvalue weighted by Crippen LogP contribution is 2.22. The molecule has 0 aliphatic heterocycles. The molecule has 2 aromatic heterocycles. The lowest BCUT2D eigenvalue weighted by atomic mass is 10.3. The summed E-state index contributed by atoms with van der Waals surface area (Å²) in [5.41, 5.74) is 1.57. The first-order valence-corrected chi connectivity index (χ1v) is 7.92. The monoisotopic (exact) mass is 370 g/mol. The lowest BCUT2D eigenvalue weighted by Gasteiger charge is -2.09. The van der Waals surface area contributed by atoms with Crippen molar-refractivity contribution in [3.8, 4) is 5.88 Å². The topological polar surface area (TPSA) is 76.1 Å². The average Bonchev–Trinajstić information content (AvgIpc) is 2.86. The summed E-state index contributed by atoms with van der Waals surface area (Å²) in [4.78, 5) is 20.3. The molecule has 0 atom stereocenters. The molecule has 0 spiro atoms. The van der Waals surface area contributed by atoms with Gasteiger partial charge in [0.25, 0.3) is 0 Å². The van der Waals surface area contributed by atoms with Crippen LogP contribution in [-0.4, -0.2) is 29.7 Å². The van der Waals surface area contributed by atoms with Crippen LogP contribution in [0.1, 0.15) is 10.7 Å². The number of pyridine rings is 1. The highest BCUT2D eigenvalue weighted by atomic mass is 79.9. The minimum Gasteiger partial charge on any atom is -0.481 e. The summed E-state index contributed by atoms with van der Waals surface area (Å²) in [7, 11) is 1.54. The molecule has 0 aromatic carbocycles. The van der Waals surface area contributed by atoms with Gasteiger partial charge < -0.3 is 15.4 Å². The molecule has 2 amide bonds. The predicted octanol–water partition coefficient (Wildman–Crippen LogP) is 2.98. The smallest absolute Gasteiger partial charge is 0.319 e. The highest BCUT2D eigenvalue weighted by Gasteiger charge is 2.07. The number of aryl methyl sites for hydroxylation is 1. The van der Waals surface area contributed by atoms with E-state index in [0.29, 0.717) is 29.1 Å². The number of methoxy groups -OCH3 is 1. The van der Waals surface area contributed by atoms with Gasteiger partial charge in [-0.25, -0.2) is 14.8 Å². The van der Waals surface area contributed by atoms with Crippen LogP contribution >= 0.6 is 27.3 Å². The molecule has 0 saturated carbocycles. The lowest BCUT2D eigenvalue weighted by molar-refractivity contribution is 0.252. The normalized spacial score (nSPS) is 10.2. The van der Waals surface area contributed by atoms with Crippen molar-refractivity contribution in [2.75, 3.05) is 19.0 Å². The highest BCUT2D eigenvalue weighted by molar-refractivity contribution is 9.10. The fraction of sp³-hybridized carbons (Fsp3) is 0.308. The van der Waals surface area contributed by atoms with E-state index in [0.717, 1.165) is 10.7 Å². The van der Waals surface area contributed by atoms with Crippen LogP contribution < -0.4 is 15.4 Å². The summed E-state index contributed by atoms with van der Waals surface area (Å²) < 4.78 is 5.52. The molecule has 2 aromatic rings. The van der Waals surface area contributed by atoms with E-state index in [-0.39, 0.29) is 6.03 Å². The van der Waals surface area contributed by atoms with Gasteiger partial charge in [0.2, 0.25) is 5.88 Å². The second-order valence-corrected chi connectivity index (χ2v) is 5.99. The zero-order valence-corrected chi connectivity index (χ0v) is 14.0. The summed E-state index contributed by atoms with van der Waals surface area (Å²) in [5, 5.41) is 8.53. The Morgan fingerprint density at radius 2 is 2.24 bits per heavy atom. The maximum atomic E-state index is 11.8. The van der Waals surface area contributed by atoms with E-state index in [9.17, 15) is 4.79 Å². The number of carbonyl (C=O) groups is 1. The minimum atomic E-state index is -0.283. The van der Waals surface area contributed by atoms with Gasteiger partial charge in [0.1, 0.15) is 4.60 Å². The molecule has 0 aliphatic carbocycles. The number of amides is 2. The second-order valence-electron chi connectivity index (χ2n) is 4.18.